The number of carbonyl (C=O) groups is 1. The van der Waals surface area contributed by atoms with Gasteiger partial charge in [0.1, 0.15) is 0 Å². The smallest absolute Gasteiger partial charge is 0.257 e. The third kappa shape index (κ3) is 3.79. The topological polar surface area (TPSA) is 102 Å². The van der Waals surface area contributed by atoms with Gasteiger partial charge in [-0.25, -0.2) is 13.4 Å². The summed E-state index contributed by atoms with van der Waals surface area (Å²) >= 11 is 3.26. The summed E-state index contributed by atoms with van der Waals surface area (Å²) in [6.07, 6.45) is 2.35. The minimum atomic E-state index is -3.36. The Morgan fingerprint density at radius 2 is 2.00 bits per heavy atom. The lowest BCUT2D eigenvalue weighted by molar-refractivity contribution is 0.102. The van der Waals surface area contributed by atoms with E-state index < -0.39 is 15.7 Å². The average molecular weight is 370 g/mol. The van der Waals surface area contributed by atoms with Gasteiger partial charge in [-0.15, -0.1) is 0 Å². The van der Waals surface area contributed by atoms with Crippen molar-refractivity contribution in [3.05, 3.63) is 46.6 Å². The van der Waals surface area contributed by atoms with E-state index in [1.54, 1.807) is 18.2 Å². The van der Waals surface area contributed by atoms with E-state index in [1.165, 1.54) is 18.3 Å². The third-order valence-electron chi connectivity index (χ3n) is 2.63. The number of rotatable bonds is 3. The molecule has 0 saturated carbocycles. The van der Waals surface area contributed by atoms with E-state index in [-0.39, 0.29) is 5.03 Å². The van der Waals surface area contributed by atoms with Crippen molar-refractivity contribution in [3.63, 3.8) is 0 Å². The maximum Gasteiger partial charge on any atom is 0.257 e. The molecule has 0 fully saturated rings. The number of amides is 1. The van der Waals surface area contributed by atoms with Crippen molar-refractivity contribution in [2.45, 2.75) is 5.03 Å². The molecule has 2 rings (SSSR count). The lowest BCUT2D eigenvalue weighted by atomic mass is 10.1. The number of nitrogens with two attached hydrogens (primary N) is 1. The summed E-state index contributed by atoms with van der Waals surface area (Å²) in [5.74, 6) is -0.395. The number of nitrogen functional groups attached to an aromatic ring is 1. The molecule has 0 aliphatic rings. The predicted molar refractivity (Wildman–Crippen MR) is 83.9 cm³/mol. The molecule has 21 heavy (non-hydrogen) atoms. The van der Waals surface area contributed by atoms with Gasteiger partial charge in [0.15, 0.2) is 14.9 Å². The zero-order valence-corrected chi connectivity index (χ0v) is 13.4. The molecule has 0 spiro atoms. The number of nitrogens with one attached hydrogen (secondary N) is 1. The molecule has 0 radical (unpaired) electrons. The Hall–Kier alpha value is -1.93. The highest BCUT2D eigenvalue weighted by atomic mass is 79.9. The number of aromatic nitrogens is 1. The fraction of sp³-hybridized carbons (Fsp3) is 0.0769. The number of anilines is 2. The maximum absolute atomic E-state index is 12.1. The van der Waals surface area contributed by atoms with Crippen molar-refractivity contribution >= 4 is 43.0 Å². The SMILES string of the molecule is CS(=O)(=O)c1ccc(NC(=O)c2ccc(Br)cc2N)cn1. The minimum absolute atomic E-state index is 0.0522. The van der Waals surface area contributed by atoms with Crippen LogP contribution in [0.4, 0.5) is 11.4 Å². The molecule has 0 saturated heterocycles. The van der Waals surface area contributed by atoms with Crippen LogP contribution < -0.4 is 11.1 Å². The second-order valence-electron chi connectivity index (χ2n) is 4.34. The van der Waals surface area contributed by atoms with Crippen LogP contribution in [0.3, 0.4) is 0 Å². The standard InChI is InChI=1S/C13H12BrN3O3S/c1-21(19,20)12-5-3-9(7-16-12)17-13(18)10-4-2-8(14)6-11(10)15/h2-7H,15H2,1H3,(H,17,18). The largest absolute Gasteiger partial charge is 0.398 e. The van der Waals surface area contributed by atoms with E-state index in [0.717, 1.165) is 10.7 Å². The Balaban J connectivity index is 2.20. The molecule has 110 valence electrons. The van der Waals surface area contributed by atoms with Crippen LogP contribution in [0.15, 0.2) is 46.0 Å². The number of sulfone groups is 1. The highest BCUT2D eigenvalue weighted by molar-refractivity contribution is 9.10. The van der Waals surface area contributed by atoms with Gasteiger partial charge in [0.05, 0.1) is 17.4 Å². The summed E-state index contributed by atoms with van der Waals surface area (Å²) in [6, 6.07) is 7.72. The molecule has 1 amide bonds. The second-order valence-corrected chi connectivity index (χ2v) is 7.22. The van der Waals surface area contributed by atoms with E-state index in [1.807, 2.05) is 0 Å². The van der Waals surface area contributed by atoms with Crippen molar-refractivity contribution in [2.75, 3.05) is 17.3 Å². The molecular formula is C13H12BrN3O3S. The van der Waals surface area contributed by atoms with Crippen molar-refractivity contribution < 1.29 is 13.2 Å². The van der Waals surface area contributed by atoms with Crippen molar-refractivity contribution in [1.82, 2.24) is 4.98 Å². The van der Waals surface area contributed by atoms with E-state index >= 15 is 0 Å². The van der Waals surface area contributed by atoms with Gasteiger partial charge in [-0.1, -0.05) is 15.9 Å². The van der Waals surface area contributed by atoms with Gasteiger partial charge >= 0.3 is 0 Å². The van der Waals surface area contributed by atoms with Crippen LogP contribution in [0.2, 0.25) is 0 Å². The first-order valence-corrected chi connectivity index (χ1v) is 8.48. The highest BCUT2D eigenvalue weighted by Crippen LogP contribution is 2.20. The Labute approximate surface area is 130 Å². The third-order valence-corrected chi connectivity index (χ3v) is 4.13. The summed E-state index contributed by atoms with van der Waals surface area (Å²) in [5.41, 5.74) is 6.82. The molecule has 0 atom stereocenters. The zero-order valence-electron chi connectivity index (χ0n) is 11.0. The summed E-state index contributed by atoms with van der Waals surface area (Å²) in [4.78, 5) is 15.9. The van der Waals surface area contributed by atoms with E-state index in [0.29, 0.717) is 16.9 Å². The molecule has 0 bridgehead atoms. The first-order chi connectivity index (χ1) is 9.77. The molecule has 1 heterocycles. The van der Waals surface area contributed by atoms with Crippen LogP contribution in [-0.4, -0.2) is 25.6 Å². The zero-order chi connectivity index (χ0) is 15.6. The molecule has 6 nitrogen and oxygen atoms in total. The van der Waals surface area contributed by atoms with Crippen LogP contribution >= 0.6 is 15.9 Å². The number of carbonyl (C=O) groups excluding carboxylic acids is 1. The quantitative estimate of drug-likeness (QED) is 0.806. The number of hydrogen-bond donors (Lipinski definition) is 2. The molecular weight excluding hydrogens is 358 g/mol. The van der Waals surface area contributed by atoms with E-state index in [9.17, 15) is 13.2 Å². The van der Waals surface area contributed by atoms with E-state index in [4.69, 9.17) is 5.73 Å². The van der Waals surface area contributed by atoms with Crippen LogP contribution in [0.1, 0.15) is 10.4 Å². The molecule has 0 unspecified atom stereocenters. The first-order valence-electron chi connectivity index (χ1n) is 5.80. The van der Waals surface area contributed by atoms with Gasteiger partial charge < -0.3 is 11.1 Å². The maximum atomic E-state index is 12.1. The summed E-state index contributed by atoms with van der Waals surface area (Å²) in [7, 11) is -3.36. The van der Waals surface area contributed by atoms with Crippen LogP contribution in [0.25, 0.3) is 0 Å². The highest BCUT2D eigenvalue weighted by Gasteiger charge is 2.12. The summed E-state index contributed by atoms with van der Waals surface area (Å²) in [5, 5.41) is 2.55. The number of pyridine rings is 1. The monoisotopic (exact) mass is 369 g/mol. The molecule has 1 aromatic heterocycles. The molecule has 8 heteroatoms. The fourth-order valence-corrected chi connectivity index (χ4v) is 2.55. The predicted octanol–water partition coefficient (Wildman–Crippen LogP) is 2.08. The minimum Gasteiger partial charge on any atom is -0.398 e. The van der Waals surface area contributed by atoms with E-state index in [2.05, 4.69) is 26.2 Å². The Bertz CT molecular complexity index is 789. The van der Waals surface area contributed by atoms with Gasteiger partial charge in [0, 0.05) is 16.4 Å². The number of halogens is 1. The van der Waals surface area contributed by atoms with Gasteiger partial charge in [-0.05, 0) is 30.3 Å². The molecule has 0 aliphatic heterocycles. The molecule has 2 aromatic rings. The summed E-state index contributed by atoms with van der Waals surface area (Å²) in [6.45, 7) is 0. The van der Waals surface area contributed by atoms with Crippen LogP contribution in [-0.2, 0) is 9.84 Å². The first kappa shape index (κ1) is 15.5. The normalized spacial score (nSPS) is 11.1. The van der Waals surface area contributed by atoms with Crippen molar-refractivity contribution in [3.8, 4) is 0 Å². The second kappa shape index (κ2) is 5.82. The molecule has 3 N–H and O–H groups in total. The number of benzene rings is 1. The molecule has 1 aromatic carbocycles. The van der Waals surface area contributed by atoms with Crippen molar-refractivity contribution in [2.24, 2.45) is 0 Å². The van der Waals surface area contributed by atoms with Gasteiger partial charge in [0.2, 0.25) is 0 Å². The number of nitrogens with zero attached hydrogens (tertiary/aromatic N) is 1. The summed E-state index contributed by atoms with van der Waals surface area (Å²) < 4.78 is 23.4. The molecule has 0 aliphatic carbocycles. The Kier molecular flexibility index (Phi) is 4.29. The lowest BCUT2D eigenvalue weighted by Gasteiger charge is -2.08. The van der Waals surface area contributed by atoms with Gasteiger partial charge in [0.25, 0.3) is 5.91 Å². The number of hydrogen-bond acceptors (Lipinski definition) is 5. The average Bonchev–Trinajstić information content (AvgIpc) is 2.38. The Morgan fingerprint density at radius 1 is 1.29 bits per heavy atom. The van der Waals surface area contributed by atoms with Gasteiger partial charge in [-0.3, -0.25) is 4.79 Å². The van der Waals surface area contributed by atoms with Crippen LogP contribution in [0, 0.1) is 0 Å². The Morgan fingerprint density at radius 3 is 2.52 bits per heavy atom. The van der Waals surface area contributed by atoms with Crippen molar-refractivity contribution in [1.29, 1.82) is 0 Å². The fourth-order valence-electron chi connectivity index (χ4n) is 1.61. The lowest BCUT2D eigenvalue weighted by Crippen LogP contribution is -2.14. The van der Waals surface area contributed by atoms with Crippen LogP contribution in [0.5, 0.6) is 0 Å². The van der Waals surface area contributed by atoms with Gasteiger partial charge in [-0.2, -0.15) is 0 Å².